The summed E-state index contributed by atoms with van der Waals surface area (Å²) in [4.78, 5) is 29.2. The van der Waals surface area contributed by atoms with Gasteiger partial charge in [-0.1, -0.05) is 55.5 Å². The van der Waals surface area contributed by atoms with Crippen LogP contribution >= 0.6 is 0 Å². The van der Waals surface area contributed by atoms with E-state index in [4.69, 9.17) is 0 Å². The first kappa shape index (κ1) is 19.3. The number of aryl methyl sites for hydroxylation is 2. The molecule has 28 heavy (non-hydrogen) atoms. The van der Waals surface area contributed by atoms with Crippen molar-refractivity contribution in [3.63, 3.8) is 0 Å². The minimum atomic E-state index is -0.283. The number of amides is 2. The van der Waals surface area contributed by atoms with Crippen molar-refractivity contribution in [3.8, 4) is 0 Å². The van der Waals surface area contributed by atoms with Crippen LogP contribution in [0.3, 0.4) is 0 Å². The lowest BCUT2D eigenvalue weighted by Gasteiger charge is -2.13. The maximum Gasteiger partial charge on any atom is 0.257 e. The summed E-state index contributed by atoms with van der Waals surface area (Å²) in [6, 6.07) is 17.1. The predicted octanol–water partition coefficient (Wildman–Crippen LogP) is 4.13. The molecular formula is C23H23N3O2. The Morgan fingerprint density at radius 3 is 2.36 bits per heavy atom. The molecule has 0 atom stereocenters. The summed E-state index contributed by atoms with van der Waals surface area (Å²) in [6.45, 7) is 4.42. The highest BCUT2D eigenvalue weighted by molar-refractivity contribution is 6.06. The van der Waals surface area contributed by atoms with Gasteiger partial charge in [0.2, 0.25) is 0 Å². The van der Waals surface area contributed by atoms with Gasteiger partial charge >= 0.3 is 0 Å². The molecule has 0 saturated heterocycles. The van der Waals surface area contributed by atoms with Crippen LogP contribution in [0.2, 0.25) is 0 Å². The topological polar surface area (TPSA) is 71.1 Å². The van der Waals surface area contributed by atoms with Gasteiger partial charge in [-0.2, -0.15) is 0 Å². The van der Waals surface area contributed by atoms with E-state index in [2.05, 4.69) is 15.6 Å². The number of hydrogen-bond donors (Lipinski definition) is 2. The Balaban J connectivity index is 1.72. The van der Waals surface area contributed by atoms with Crippen molar-refractivity contribution >= 4 is 17.5 Å². The molecule has 2 aromatic carbocycles. The number of nitrogens with zero attached hydrogens (tertiary/aromatic N) is 1. The fourth-order valence-corrected chi connectivity index (χ4v) is 2.96. The molecule has 0 spiro atoms. The summed E-state index contributed by atoms with van der Waals surface area (Å²) in [5, 5.41) is 5.81. The van der Waals surface area contributed by atoms with E-state index in [1.54, 1.807) is 6.07 Å². The number of hydrogen-bond acceptors (Lipinski definition) is 3. The highest BCUT2D eigenvalue weighted by Gasteiger charge is 2.14. The first-order valence-corrected chi connectivity index (χ1v) is 9.25. The summed E-state index contributed by atoms with van der Waals surface area (Å²) in [5.41, 5.74) is 4.58. The number of carbonyl (C=O) groups is 2. The minimum Gasteiger partial charge on any atom is -0.348 e. The second-order valence-electron chi connectivity index (χ2n) is 6.55. The van der Waals surface area contributed by atoms with Crippen LogP contribution in [0.1, 0.15) is 44.3 Å². The molecule has 2 amide bonds. The van der Waals surface area contributed by atoms with Crippen LogP contribution in [0.15, 0.2) is 67.0 Å². The molecule has 3 aromatic rings. The van der Waals surface area contributed by atoms with Gasteiger partial charge in [0, 0.05) is 24.6 Å². The van der Waals surface area contributed by atoms with E-state index in [0.29, 0.717) is 17.7 Å². The second-order valence-corrected chi connectivity index (χ2v) is 6.55. The number of nitrogens with one attached hydrogen (secondary N) is 2. The maximum absolute atomic E-state index is 12.7. The number of para-hydroxylation sites is 1. The van der Waals surface area contributed by atoms with Gasteiger partial charge in [-0.15, -0.1) is 0 Å². The number of benzene rings is 2. The van der Waals surface area contributed by atoms with Crippen molar-refractivity contribution in [2.45, 2.75) is 26.8 Å². The van der Waals surface area contributed by atoms with Crippen LogP contribution in [0.4, 0.5) is 5.69 Å². The highest BCUT2D eigenvalue weighted by atomic mass is 16.2. The third-order valence-corrected chi connectivity index (χ3v) is 4.54. The zero-order valence-corrected chi connectivity index (χ0v) is 16.0. The number of rotatable bonds is 6. The zero-order valence-electron chi connectivity index (χ0n) is 16.0. The van der Waals surface area contributed by atoms with Crippen molar-refractivity contribution < 1.29 is 9.59 Å². The molecule has 5 heteroatoms. The smallest absolute Gasteiger partial charge is 0.257 e. The van der Waals surface area contributed by atoms with Gasteiger partial charge in [0.25, 0.3) is 11.8 Å². The van der Waals surface area contributed by atoms with E-state index in [1.807, 2.05) is 62.4 Å². The lowest BCUT2D eigenvalue weighted by Crippen LogP contribution is -2.23. The SMILES string of the molecule is CCc1cccc(C)c1NC(=O)c1cncc(C(=O)NCc2ccccc2)c1. The van der Waals surface area contributed by atoms with Crippen molar-refractivity contribution in [2.75, 3.05) is 5.32 Å². The Morgan fingerprint density at radius 1 is 0.929 bits per heavy atom. The lowest BCUT2D eigenvalue weighted by molar-refractivity contribution is 0.0950. The number of carbonyl (C=O) groups excluding carboxylic acids is 2. The van der Waals surface area contributed by atoms with E-state index in [9.17, 15) is 9.59 Å². The zero-order chi connectivity index (χ0) is 19.9. The summed E-state index contributed by atoms with van der Waals surface area (Å²) >= 11 is 0. The van der Waals surface area contributed by atoms with Gasteiger partial charge < -0.3 is 10.6 Å². The van der Waals surface area contributed by atoms with Gasteiger partial charge in [0.05, 0.1) is 11.1 Å². The van der Waals surface area contributed by atoms with Crippen LogP contribution in [0, 0.1) is 6.92 Å². The molecule has 3 rings (SSSR count). The molecular weight excluding hydrogens is 350 g/mol. The van der Waals surface area contributed by atoms with Crippen molar-refractivity contribution in [1.29, 1.82) is 0 Å². The molecule has 1 aromatic heterocycles. The summed E-state index contributed by atoms with van der Waals surface area (Å²) < 4.78 is 0. The first-order chi connectivity index (χ1) is 13.6. The Labute approximate surface area is 164 Å². The molecule has 0 aliphatic heterocycles. The lowest BCUT2D eigenvalue weighted by atomic mass is 10.1. The molecule has 0 aliphatic rings. The second kappa shape index (κ2) is 8.95. The first-order valence-electron chi connectivity index (χ1n) is 9.25. The molecule has 0 radical (unpaired) electrons. The number of pyridine rings is 1. The molecule has 5 nitrogen and oxygen atoms in total. The van der Waals surface area contributed by atoms with Crippen molar-refractivity contribution in [1.82, 2.24) is 10.3 Å². The fraction of sp³-hybridized carbons (Fsp3) is 0.174. The van der Waals surface area contributed by atoms with Crippen LogP contribution in [0.5, 0.6) is 0 Å². The molecule has 2 N–H and O–H groups in total. The Kier molecular flexibility index (Phi) is 6.17. The predicted molar refractivity (Wildman–Crippen MR) is 110 cm³/mol. The monoisotopic (exact) mass is 373 g/mol. The summed E-state index contributed by atoms with van der Waals surface area (Å²) in [7, 11) is 0. The number of aromatic nitrogens is 1. The maximum atomic E-state index is 12.7. The summed E-state index contributed by atoms with van der Waals surface area (Å²) in [5.74, 6) is -0.551. The van der Waals surface area contributed by atoms with E-state index in [0.717, 1.165) is 28.8 Å². The van der Waals surface area contributed by atoms with Crippen LogP contribution in [0.25, 0.3) is 0 Å². The molecule has 0 fully saturated rings. The minimum absolute atomic E-state index is 0.267. The molecule has 142 valence electrons. The van der Waals surface area contributed by atoms with Gasteiger partial charge in [0.15, 0.2) is 0 Å². The molecule has 0 saturated carbocycles. The van der Waals surface area contributed by atoms with E-state index < -0.39 is 0 Å². The molecule has 1 heterocycles. The third-order valence-electron chi connectivity index (χ3n) is 4.54. The third kappa shape index (κ3) is 4.62. The van der Waals surface area contributed by atoms with Crippen LogP contribution < -0.4 is 10.6 Å². The Bertz CT molecular complexity index is 984. The van der Waals surface area contributed by atoms with Gasteiger partial charge in [0.1, 0.15) is 0 Å². The van der Waals surface area contributed by atoms with Crippen molar-refractivity contribution in [2.24, 2.45) is 0 Å². The average molecular weight is 373 g/mol. The highest BCUT2D eigenvalue weighted by Crippen LogP contribution is 2.22. The van der Waals surface area contributed by atoms with E-state index in [1.165, 1.54) is 12.4 Å². The van der Waals surface area contributed by atoms with Crippen LogP contribution in [-0.2, 0) is 13.0 Å². The largest absolute Gasteiger partial charge is 0.348 e. The van der Waals surface area contributed by atoms with Crippen molar-refractivity contribution in [3.05, 3.63) is 94.8 Å². The molecule has 0 bridgehead atoms. The van der Waals surface area contributed by atoms with Gasteiger partial charge in [-0.05, 0) is 36.1 Å². The van der Waals surface area contributed by atoms with Crippen LogP contribution in [-0.4, -0.2) is 16.8 Å². The quantitative estimate of drug-likeness (QED) is 0.682. The normalized spacial score (nSPS) is 10.4. The molecule has 0 unspecified atom stereocenters. The van der Waals surface area contributed by atoms with Gasteiger partial charge in [-0.3, -0.25) is 14.6 Å². The average Bonchev–Trinajstić information content (AvgIpc) is 2.74. The Hall–Kier alpha value is -3.47. The number of anilines is 1. The Morgan fingerprint density at radius 2 is 1.64 bits per heavy atom. The van der Waals surface area contributed by atoms with Gasteiger partial charge in [-0.25, -0.2) is 0 Å². The molecule has 0 aliphatic carbocycles. The standard InChI is InChI=1S/C23H23N3O2/c1-3-18-11-7-8-16(2)21(18)26-23(28)20-12-19(14-24-15-20)22(27)25-13-17-9-5-4-6-10-17/h4-12,14-15H,3,13H2,1-2H3,(H,25,27)(H,26,28). The summed E-state index contributed by atoms with van der Waals surface area (Å²) in [6.07, 6.45) is 3.74. The van der Waals surface area contributed by atoms with E-state index >= 15 is 0 Å². The fourth-order valence-electron chi connectivity index (χ4n) is 2.96. The van der Waals surface area contributed by atoms with E-state index in [-0.39, 0.29) is 11.8 Å².